The zero-order valence-corrected chi connectivity index (χ0v) is 9.20. The Labute approximate surface area is 88.3 Å². The molecule has 0 aliphatic rings. The smallest absolute Gasteiger partial charge is 0.313 e. The Morgan fingerprint density at radius 1 is 1.33 bits per heavy atom. The quantitative estimate of drug-likeness (QED) is 0.678. The van der Waals surface area contributed by atoms with E-state index in [4.69, 9.17) is 4.74 Å². The lowest BCUT2D eigenvalue weighted by atomic mass is 10.6. The van der Waals surface area contributed by atoms with Crippen LogP contribution in [-0.2, 0) is 4.74 Å². The van der Waals surface area contributed by atoms with Gasteiger partial charge in [-0.15, -0.1) is 0 Å². The van der Waals surface area contributed by atoms with E-state index in [9.17, 15) is 4.39 Å². The highest BCUT2D eigenvalue weighted by Gasteiger charge is 2.07. The minimum Gasteiger partial charge on any atom is -0.380 e. The largest absolute Gasteiger partial charge is 0.380 e. The normalized spacial score (nSPS) is 10.4. The van der Waals surface area contributed by atoms with Crippen molar-refractivity contribution in [2.24, 2.45) is 0 Å². The van der Waals surface area contributed by atoms with Crippen LogP contribution in [-0.4, -0.2) is 41.8 Å². The van der Waals surface area contributed by atoms with Crippen LogP contribution in [0.3, 0.4) is 0 Å². The van der Waals surface area contributed by atoms with Crippen LogP contribution in [0.15, 0.2) is 0 Å². The Bertz CT molecular complexity index is 301. The molecule has 0 bridgehead atoms. The van der Waals surface area contributed by atoms with Crippen molar-refractivity contribution in [2.45, 2.75) is 13.8 Å². The first-order valence-corrected chi connectivity index (χ1v) is 4.80. The molecule has 6 heteroatoms. The number of aryl methyl sites for hydroxylation is 1. The number of likely N-dealkylation sites (N-methyl/N-ethyl adjacent to an activating group) is 1. The molecule has 84 valence electrons. The second-order valence-electron chi connectivity index (χ2n) is 3.07. The number of hydrogen-bond acceptors (Lipinski definition) is 5. The van der Waals surface area contributed by atoms with Crippen molar-refractivity contribution in [3.8, 4) is 0 Å². The molecule has 0 aliphatic carbocycles. The van der Waals surface area contributed by atoms with Crippen molar-refractivity contribution in [3.63, 3.8) is 0 Å². The number of anilines is 1. The maximum atomic E-state index is 12.9. The van der Waals surface area contributed by atoms with E-state index < -0.39 is 6.08 Å². The lowest BCUT2D eigenvalue weighted by Gasteiger charge is -2.16. The number of aromatic nitrogens is 3. The maximum Gasteiger partial charge on any atom is 0.313 e. The van der Waals surface area contributed by atoms with Gasteiger partial charge in [-0.2, -0.15) is 19.3 Å². The predicted octanol–water partition coefficient (Wildman–Crippen LogP) is 0.792. The molecular weight excluding hydrogens is 199 g/mol. The Balaban J connectivity index is 2.60. The Morgan fingerprint density at radius 2 is 2.07 bits per heavy atom. The Hall–Kier alpha value is -1.30. The van der Waals surface area contributed by atoms with Crippen LogP contribution in [0.25, 0.3) is 0 Å². The zero-order chi connectivity index (χ0) is 11.3. The highest BCUT2D eigenvalue weighted by Crippen LogP contribution is 2.04. The fourth-order valence-electron chi connectivity index (χ4n) is 1.05. The van der Waals surface area contributed by atoms with Crippen LogP contribution in [0.5, 0.6) is 0 Å². The first kappa shape index (κ1) is 11.8. The van der Waals surface area contributed by atoms with Crippen LogP contribution in [0.1, 0.15) is 12.7 Å². The van der Waals surface area contributed by atoms with E-state index >= 15 is 0 Å². The first-order valence-electron chi connectivity index (χ1n) is 4.80. The van der Waals surface area contributed by atoms with Crippen molar-refractivity contribution in [2.75, 3.05) is 31.7 Å². The van der Waals surface area contributed by atoms with Crippen LogP contribution in [0.2, 0.25) is 0 Å². The highest BCUT2D eigenvalue weighted by atomic mass is 19.1. The average Bonchev–Trinajstić information content (AvgIpc) is 2.16. The lowest BCUT2D eigenvalue weighted by molar-refractivity contribution is 0.154. The average molecular weight is 214 g/mol. The van der Waals surface area contributed by atoms with Gasteiger partial charge in [-0.25, -0.2) is 0 Å². The van der Waals surface area contributed by atoms with E-state index in [-0.39, 0.29) is 0 Å². The number of nitrogens with zero attached hydrogens (tertiary/aromatic N) is 4. The maximum absolute atomic E-state index is 12.9. The van der Waals surface area contributed by atoms with Crippen molar-refractivity contribution >= 4 is 5.95 Å². The summed E-state index contributed by atoms with van der Waals surface area (Å²) in [4.78, 5) is 12.8. The summed E-state index contributed by atoms with van der Waals surface area (Å²) in [6.07, 6.45) is -0.749. The van der Waals surface area contributed by atoms with E-state index in [1.54, 1.807) is 18.9 Å². The summed E-state index contributed by atoms with van der Waals surface area (Å²) in [6, 6.07) is 0. The van der Waals surface area contributed by atoms with Crippen molar-refractivity contribution in [3.05, 3.63) is 11.9 Å². The van der Waals surface area contributed by atoms with E-state index in [0.717, 1.165) is 0 Å². The van der Waals surface area contributed by atoms with E-state index in [1.165, 1.54) is 0 Å². The standard InChI is InChI=1S/C9H15FN4O/c1-4-15-6-5-14(3)9-12-7(2)11-8(10)13-9/h4-6H2,1-3H3. The van der Waals surface area contributed by atoms with Crippen LogP contribution in [0, 0.1) is 13.0 Å². The van der Waals surface area contributed by atoms with Gasteiger partial charge in [0.1, 0.15) is 5.82 Å². The predicted molar refractivity (Wildman–Crippen MR) is 54.3 cm³/mol. The molecule has 1 heterocycles. The Morgan fingerprint density at radius 3 is 2.67 bits per heavy atom. The highest BCUT2D eigenvalue weighted by molar-refractivity contribution is 5.26. The van der Waals surface area contributed by atoms with Gasteiger partial charge < -0.3 is 9.64 Å². The molecule has 0 aromatic carbocycles. The zero-order valence-electron chi connectivity index (χ0n) is 9.20. The summed E-state index contributed by atoms with van der Waals surface area (Å²) in [7, 11) is 1.78. The van der Waals surface area contributed by atoms with Gasteiger partial charge in [0.25, 0.3) is 0 Å². The molecule has 0 aliphatic heterocycles. The van der Waals surface area contributed by atoms with Gasteiger partial charge in [0, 0.05) is 20.2 Å². The number of rotatable bonds is 5. The first-order chi connectivity index (χ1) is 7.13. The fraction of sp³-hybridized carbons (Fsp3) is 0.667. The second kappa shape index (κ2) is 5.55. The van der Waals surface area contributed by atoms with Crippen LogP contribution in [0.4, 0.5) is 10.3 Å². The monoisotopic (exact) mass is 214 g/mol. The molecule has 0 saturated carbocycles. The van der Waals surface area contributed by atoms with E-state index in [1.807, 2.05) is 6.92 Å². The molecule has 0 radical (unpaired) electrons. The second-order valence-corrected chi connectivity index (χ2v) is 3.07. The summed E-state index contributed by atoms with van der Waals surface area (Å²) in [5.74, 6) is 0.709. The molecule has 0 saturated heterocycles. The van der Waals surface area contributed by atoms with Gasteiger partial charge in [-0.1, -0.05) is 0 Å². The molecule has 5 nitrogen and oxygen atoms in total. The third-order valence-electron chi connectivity index (χ3n) is 1.82. The van der Waals surface area contributed by atoms with Crippen molar-refractivity contribution < 1.29 is 9.13 Å². The molecule has 1 aromatic rings. The minimum absolute atomic E-state index is 0.333. The summed E-state index contributed by atoms with van der Waals surface area (Å²) in [6.45, 7) is 5.41. The SMILES string of the molecule is CCOCCN(C)c1nc(C)nc(F)n1. The molecule has 1 rings (SSSR count). The van der Waals surface area contributed by atoms with Gasteiger partial charge in [0.05, 0.1) is 6.61 Å². The summed E-state index contributed by atoms with van der Waals surface area (Å²) in [5, 5.41) is 0. The number of hydrogen-bond donors (Lipinski definition) is 0. The third kappa shape index (κ3) is 3.75. The van der Waals surface area contributed by atoms with Gasteiger partial charge in [-0.3, -0.25) is 0 Å². The Kier molecular flexibility index (Phi) is 4.36. The van der Waals surface area contributed by atoms with Gasteiger partial charge in [0.15, 0.2) is 0 Å². The minimum atomic E-state index is -0.749. The molecule has 0 amide bonds. The number of ether oxygens (including phenoxy) is 1. The molecular formula is C9H15FN4O. The topological polar surface area (TPSA) is 51.1 Å². The fourth-order valence-corrected chi connectivity index (χ4v) is 1.05. The van der Waals surface area contributed by atoms with Gasteiger partial charge in [0.2, 0.25) is 5.95 Å². The third-order valence-corrected chi connectivity index (χ3v) is 1.82. The van der Waals surface area contributed by atoms with Gasteiger partial charge in [-0.05, 0) is 13.8 Å². The van der Waals surface area contributed by atoms with E-state index in [2.05, 4.69) is 15.0 Å². The molecule has 0 unspecified atom stereocenters. The molecule has 0 N–H and O–H groups in total. The molecule has 0 fully saturated rings. The molecule has 0 atom stereocenters. The summed E-state index contributed by atoms with van der Waals surface area (Å²) in [5.41, 5.74) is 0. The molecule has 15 heavy (non-hydrogen) atoms. The van der Waals surface area contributed by atoms with E-state index in [0.29, 0.717) is 31.5 Å². The van der Waals surface area contributed by atoms with Crippen molar-refractivity contribution in [1.29, 1.82) is 0 Å². The molecule has 0 spiro atoms. The summed E-state index contributed by atoms with van der Waals surface area (Å²) >= 11 is 0. The lowest BCUT2D eigenvalue weighted by Crippen LogP contribution is -2.25. The van der Waals surface area contributed by atoms with Crippen molar-refractivity contribution in [1.82, 2.24) is 15.0 Å². The van der Waals surface area contributed by atoms with Crippen LogP contribution < -0.4 is 4.90 Å². The van der Waals surface area contributed by atoms with Crippen LogP contribution >= 0.6 is 0 Å². The summed E-state index contributed by atoms with van der Waals surface area (Å²) < 4.78 is 18.0. The number of halogens is 1. The molecule has 1 aromatic heterocycles. The van der Waals surface area contributed by atoms with Gasteiger partial charge >= 0.3 is 6.08 Å².